The molecule has 1 atom stereocenters. The van der Waals surface area contributed by atoms with Crippen molar-refractivity contribution in [2.75, 3.05) is 45.9 Å². The lowest BCUT2D eigenvalue weighted by Gasteiger charge is -2.35. The maximum Gasteiger partial charge on any atom is 0.256 e. The van der Waals surface area contributed by atoms with Gasteiger partial charge in [-0.15, -0.1) is 0 Å². The van der Waals surface area contributed by atoms with Gasteiger partial charge in [0.25, 0.3) is 5.91 Å². The van der Waals surface area contributed by atoms with Gasteiger partial charge in [0.05, 0.1) is 18.3 Å². The first-order valence-electron chi connectivity index (χ1n) is 7.73. The summed E-state index contributed by atoms with van der Waals surface area (Å²) in [7, 11) is 0. The number of rotatable bonds is 6. The molecule has 7 heteroatoms. The van der Waals surface area contributed by atoms with Crippen LogP contribution in [0.25, 0.3) is 0 Å². The van der Waals surface area contributed by atoms with Crippen LogP contribution in [0.5, 0.6) is 0 Å². The summed E-state index contributed by atoms with van der Waals surface area (Å²) < 4.78 is 31.8. The van der Waals surface area contributed by atoms with E-state index in [0.717, 1.165) is 6.07 Å². The second-order valence-corrected chi connectivity index (χ2v) is 5.53. The highest BCUT2D eigenvalue weighted by molar-refractivity contribution is 5.94. The van der Waals surface area contributed by atoms with Crippen molar-refractivity contribution < 1.29 is 23.4 Å². The molecule has 0 radical (unpaired) electrons. The van der Waals surface area contributed by atoms with Crippen LogP contribution in [-0.4, -0.2) is 72.9 Å². The van der Waals surface area contributed by atoms with E-state index in [1.54, 1.807) is 4.90 Å². The van der Waals surface area contributed by atoms with Gasteiger partial charge in [0.15, 0.2) is 0 Å². The Morgan fingerprint density at radius 1 is 1.30 bits per heavy atom. The average molecular weight is 328 g/mol. The lowest BCUT2D eigenvalue weighted by molar-refractivity contribution is 0.0111. The molecule has 1 saturated heterocycles. The maximum absolute atomic E-state index is 13.7. The lowest BCUT2D eigenvalue weighted by atomic mass is 10.1. The molecule has 128 valence electrons. The summed E-state index contributed by atoms with van der Waals surface area (Å²) >= 11 is 0. The zero-order valence-electron chi connectivity index (χ0n) is 13.2. The number of halogens is 2. The number of aliphatic hydroxyl groups is 1. The Kier molecular flexibility index (Phi) is 6.44. The molecule has 1 aromatic rings. The van der Waals surface area contributed by atoms with Crippen LogP contribution in [0.3, 0.4) is 0 Å². The Labute approximate surface area is 134 Å². The second-order valence-electron chi connectivity index (χ2n) is 5.53. The minimum Gasteiger partial charge on any atom is -0.389 e. The van der Waals surface area contributed by atoms with Crippen molar-refractivity contribution in [2.45, 2.75) is 13.0 Å². The summed E-state index contributed by atoms with van der Waals surface area (Å²) in [4.78, 5) is 15.9. The second kappa shape index (κ2) is 8.33. The summed E-state index contributed by atoms with van der Waals surface area (Å²) in [5, 5.41) is 9.82. The Balaban J connectivity index is 1.85. The van der Waals surface area contributed by atoms with Crippen LogP contribution in [-0.2, 0) is 4.74 Å². The maximum atomic E-state index is 13.7. The van der Waals surface area contributed by atoms with Gasteiger partial charge in [-0.05, 0) is 19.1 Å². The Morgan fingerprint density at radius 3 is 2.61 bits per heavy atom. The van der Waals surface area contributed by atoms with Crippen LogP contribution in [0.2, 0.25) is 0 Å². The number of ether oxygens (including phenoxy) is 1. The van der Waals surface area contributed by atoms with E-state index >= 15 is 0 Å². The molecule has 5 nitrogen and oxygen atoms in total. The summed E-state index contributed by atoms with van der Waals surface area (Å²) in [6, 6.07) is 2.97. The number of aliphatic hydroxyl groups excluding tert-OH is 1. The third-order valence-electron chi connectivity index (χ3n) is 3.80. The molecular weight excluding hydrogens is 306 g/mol. The number of carbonyl (C=O) groups is 1. The Bertz CT molecular complexity index is 534. The molecule has 1 heterocycles. The van der Waals surface area contributed by atoms with E-state index in [0.29, 0.717) is 45.4 Å². The first-order chi connectivity index (χ1) is 11.0. The highest BCUT2D eigenvalue weighted by atomic mass is 19.1. The lowest BCUT2D eigenvalue weighted by Crippen LogP contribution is -2.51. The fourth-order valence-corrected chi connectivity index (χ4v) is 2.57. The molecule has 1 aliphatic rings. The van der Waals surface area contributed by atoms with Gasteiger partial charge in [-0.1, -0.05) is 0 Å². The monoisotopic (exact) mass is 328 g/mol. The van der Waals surface area contributed by atoms with Gasteiger partial charge in [-0.3, -0.25) is 9.69 Å². The van der Waals surface area contributed by atoms with Crippen molar-refractivity contribution in [1.82, 2.24) is 9.80 Å². The molecular formula is C16H22F2N2O3. The fourth-order valence-electron chi connectivity index (χ4n) is 2.57. The molecule has 0 unspecified atom stereocenters. The predicted octanol–water partition coefficient (Wildman–Crippen LogP) is 1.12. The van der Waals surface area contributed by atoms with E-state index in [4.69, 9.17) is 4.74 Å². The minimum absolute atomic E-state index is 0.115. The van der Waals surface area contributed by atoms with Crippen molar-refractivity contribution in [3.63, 3.8) is 0 Å². The summed E-state index contributed by atoms with van der Waals surface area (Å²) in [6.45, 7) is 5.26. The number of nitrogens with zero attached hydrogens (tertiary/aromatic N) is 2. The van der Waals surface area contributed by atoms with E-state index in [1.807, 2.05) is 11.8 Å². The molecule has 1 fully saturated rings. The largest absolute Gasteiger partial charge is 0.389 e. The van der Waals surface area contributed by atoms with Gasteiger partial charge in [0.1, 0.15) is 11.6 Å². The third-order valence-corrected chi connectivity index (χ3v) is 3.80. The number of hydrogen-bond donors (Lipinski definition) is 1. The Morgan fingerprint density at radius 2 is 2.00 bits per heavy atom. The smallest absolute Gasteiger partial charge is 0.256 e. The molecule has 23 heavy (non-hydrogen) atoms. The average Bonchev–Trinajstić information content (AvgIpc) is 2.53. The zero-order valence-corrected chi connectivity index (χ0v) is 13.2. The van der Waals surface area contributed by atoms with Crippen LogP contribution in [0.4, 0.5) is 8.78 Å². The number of benzene rings is 1. The van der Waals surface area contributed by atoms with Crippen LogP contribution in [0.1, 0.15) is 17.3 Å². The molecule has 0 aliphatic carbocycles. The molecule has 0 spiro atoms. The molecule has 1 amide bonds. The molecule has 1 aliphatic heterocycles. The van der Waals surface area contributed by atoms with E-state index in [-0.39, 0.29) is 12.2 Å². The van der Waals surface area contributed by atoms with E-state index in [2.05, 4.69) is 0 Å². The normalized spacial score (nSPS) is 17.3. The van der Waals surface area contributed by atoms with Gasteiger partial charge in [0.2, 0.25) is 0 Å². The van der Waals surface area contributed by atoms with Crippen molar-refractivity contribution in [1.29, 1.82) is 0 Å². The number of amides is 1. The van der Waals surface area contributed by atoms with E-state index < -0.39 is 23.6 Å². The van der Waals surface area contributed by atoms with Gasteiger partial charge in [-0.2, -0.15) is 0 Å². The molecule has 0 bridgehead atoms. The highest BCUT2D eigenvalue weighted by Crippen LogP contribution is 2.14. The quantitative estimate of drug-likeness (QED) is 0.850. The van der Waals surface area contributed by atoms with Gasteiger partial charge in [-0.25, -0.2) is 8.78 Å². The van der Waals surface area contributed by atoms with Crippen LogP contribution < -0.4 is 0 Å². The molecule has 1 aromatic carbocycles. The summed E-state index contributed by atoms with van der Waals surface area (Å²) in [5.74, 6) is -1.98. The van der Waals surface area contributed by atoms with E-state index in [9.17, 15) is 18.7 Å². The van der Waals surface area contributed by atoms with Crippen LogP contribution in [0, 0.1) is 11.6 Å². The zero-order chi connectivity index (χ0) is 16.8. The van der Waals surface area contributed by atoms with Gasteiger partial charge < -0.3 is 14.7 Å². The SMILES string of the molecule is CCOC[C@H](O)CN1CCN(C(=O)c2ccc(F)cc2F)CC1. The molecule has 2 rings (SSSR count). The highest BCUT2D eigenvalue weighted by Gasteiger charge is 2.25. The first kappa shape index (κ1) is 17.8. The topological polar surface area (TPSA) is 53.0 Å². The van der Waals surface area contributed by atoms with Crippen LogP contribution >= 0.6 is 0 Å². The van der Waals surface area contributed by atoms with Crippen molar-refractivity contribution >= 4 is 5.91 Å². The number of carbonyl (C=O) groups excluding carboxylic acids is 1. The van der Waals surface area contributed by atoms with E-state index in [1.165, 1.54) is 6.07 Å². The molecule has 1 N–H and O–H groups in total. The van der Waals surface area contributed by atoms with Gasteiger partial charge in [0, 0.05) is 45.4 Å². The first-order valence-corrected chi connectivity index (χ1v) is 7.73. The van der Waals surface area contributed by atoms with Crippen LogP contribution in [0.15, 0.2) is 18.2 Å². The van der Waals surface area contributed by atoms with Crippen molar-refractivity contribution in [2.24, 2.45) is 0 Å². The summed E-state index contributed by atoms with van der Waals surface area (Å²) in [5.41, 5.74) is -0.115. The minimum atomic E-state index is -0.843. The van der Waals surface area contributed by atoms with Crippen molar-refractivity contribution in [3.8, 4) is 0 Å². The fraction of sp³-hybridized carbons (Fsp3) is 0.562. The standard InChI is InChI=1S/C16H22F2N2O3/c1-2-23-11-13(21)10-19-5-7-20(8-6-19)16(22)14-4-3-12(17)9-15(14)18/h3-4,9,13,21H,2,5-8,10-11H2,1H3/t13-/m1/s1. The molecule has 0 aromatic heterocycles. The molecule has 0 saturated carbocycles. The number of piperazine rings is 1. The number of β-amino-alcohol motifs (C(OH)–C–C–N with tert-alkyl or cyclic N) is 1. The number of hydrogen-bond acceptors (Lipinski definition) is 4. The van der Waals surface area contributed by atoms with Gasteiger partial charge >= 0.3 is 0 Å². The van der Waals surface area contributed by atoms with Crippen molar-refractivity contribution in [3.05, 3.63) is 35.4 Å². The predicted molar refractivity (Wildman–Crippen MR) is 81.2 cm³/mol. The third kappa shape index (κ3) is 4.95. The Hall–Kier alpha value is -1.57. The summed E-state index contributed by atoms with van der Waals surface area (Å²) in [6.07, 6.45) is -0.563.